The first kappa shape index (κ1) is 26.9. The molecule has 0 aliphatic heterocycles. The van der Waals surface area contributed by atoms with E-state index in [9.17, 15) is 29.4 Å². The maximum Gasteiger partial charge on any atom is 0.326 e. The Bertz CT molecular complexity index is 794. The second-order valence-electron chi connectivity index (χ2n) is 8.45. The molecule has 7 N–H and O–H groups in total. The summed E-state index contributed by atoms with van der Waals surface area (Å²) in [5.41, 5.74) is 5.97. The molecule has 0 aliphatic rings. The molecule has 0 heterocycles. The van der Waals surface area contributed by atoms with Crippen molar-refractivity contribution < 1.29 is 29.4 Å². The number of carbonyl (C=O) groups excluding carboxylic acids is 3. The van der Waals surface area contributed by atoms with Gasteiger partial charge in [0.15, 0.2) is 0 Å². The predicted octanol–water partition coefficient (Wildman–Crippen LogP) is 0.135. The summed E-state index contributed by atoms with van der Waals surface area (Å²) in [6.07, 6.45) is 0.281. The molecule has 10 heteroatoms. The molecule has 3 atom stereocenters. The van der Waals surface area contributed by atoms with Gasteiger partial charge in [-0.05, 0) is 36.0 Å². The number of carboxylic acid groups (broad SMARTS) is 1. The van der Waals surface area contributed by atoms with Gasteiger partial charge in [0.05, 0.1) is 6.54 Å². The highest BCUT2D eigenvalue weighted by Crippen LogP contribution is 2.13. The van der Waals surface area contributed by atoms with E-state index in [4.69, 9.17) is 5.73 Å². The molecule has 10 nitrogen and oxygen atoms in total. The largest absolute Gasteiger partial charge is 0.508 e. The van der Waals surface area contributed by atoms with E-state index in [1.807, 2.05) is 13.8 Å². The van der Waals surface area contributed by atoms with Crippen LogP contribution in [0.3, 0.4) is 0 Å². The summed E-state index contributed by atoms with van der Waals surface area (Å²) in [6.45, 7) is 6.86. The van der Waals surface area contributed by atoms with Gasteiger partial charge in [0.25, 0.3) is 0 Å². The summed E-state index contributed by atoms with van der Waals surface area (Å²) in [4.78, 5) is 49.1. The first-order valence-corrected chi connectivity index (χ1v) is 10.5. The molecule has 0 spiro atoms. The lowest BCUT2D eigenvalue weighted by Gasteiger charge is -2.26. The highest BCUT2D eigenvalue weighted by atomic mass is 16.4. The van der Waals surface area contributed by atoms with Crippen LogP contribution in [-0.4, -0.2) is 58.6 Å². The quantitative estimate of drug-likeness (QED) is 0.263. The molecule has 0 aliphatic carbocycles. The van der Waals surface area contributed by atoms with Crippen molar-refractivity contribution in [2.45, 2.75) is 58.7 Å². The van der Waals surface area contributed by atoms with E-state index in [1.165, 1.54) is 12.1 Å². The summed E-state index contributed by atoms with van der Waals surface area (Å²) in [7, 11) is 0. The average Bonchev–Trinajstić information content (AvgIpc) is 2.71. The number of hydrogen-bond acceptors (Lipinski definition) is 6. The second kappa shape index (κ2) is 12.7. The number of phenolic OH excluding ortho intramolecular Hbond substituents is 1. The number of carbonyl (C=O) groups is 4. The van der Waals surface area contributed by atoms with Crippen LogP contribution in [0, 0.1) is 11.8 Å². The third-order valence-corrected chi connectivity index (χ3v) is 4.78. The second-order valence-corrected chi connectivity index (χ2v) is 8.45. The van der Waals surface area contributed by atoms with Gasteiger partial charge in [0.1, 0.15) is 23.9 Å². The molecule has 178 valence electrons. The van der Waals surface area contributed by atoms with Crippen molar-refractivity contribution in [3.63, 3.8) is 0 Å². The van der Waals surface area contributed by atoms with Gasteiger partial charge in [-0.15, -0.1) is 0 Å². The molecule has 0 saturated carbocycles. The fourth-order valence-corrected chi connectivity index (χ4v) is 3.07. The Balaban J connectivity index is 3.11. The van der Waals surface area contributed by atoms with Crippen LogP contribution in [-0.2, 0) is 25.6 Å². The van der Waals surface area contributed by atoms with Crippen LogP contribution in [0.5, 0.6) is 5.75 Å². The van der Waals surface area contributed by atoms with Crippen LogP contribution >= 0.6 is 0 Å². The Labute approximate surface area is 187 Å². The molecular formula is C22H34N4O6. The summed E-state index contributed by atoms with van der Waals surface area (Å²) < 4.78 is 0. The molecule has 32 heavy (non-hydrogen) atoms. The molecule has 0 aromatic heterocycles. The van der Waals surface area contributed by atoms with Crippen molar-refractivity contribution in [2.75, 3.05) is 6.54 Å². The zero-order valence-electron chi connectivity index (χ0n) is 18.9. The summed E-state index contributed by atoms with van der Waals surface area (Å²) in [5, 5.41) is 26.6. The maximum absolute atomic E-state index is 13.0. The fraction of sp³-hybridized carbons (Fsp3) is 0.545. The number of nitrogens with two attached hydrogens (primary N) is 1. The Kier molecular flexibility index (Phi) is 10.6. The van der Waals surface area contributed by atoms with Gasteiger partial charge in [-0.2, -0.15) is 0 Å². The minimum Gasteiger partial charge on any atom is -0.508 e. The van der Waals surface area contributed by atoms with E-state index < -0.39 is 41.8 Å². The van der Waals surface area contributed by atoms with Crippen molar-refractivity contribution in [2.24, 2.45) is 17.6 Å². The number of phenols is 1. The zero-order valence-corrected chi connectivity index (χ0v) is 18.9. The predicted molar refractivity (Wildman–Crippen MR) is 119 cm³/mol. The number of amides is 3. The minimum atomic E-state index is -1.17. The number of nitrogens with one attached hydrogen (secondary N) is 3. The van der Waals surface area contributed by atoms with Crippen molar-refractivity contribution >= 4 is 23.7 Å². The molecular weight excluding hydrogens is 416 g/mol. The van der Waals surface area contributed by atoms with Gasteiger partial charge in [-0.3, -0.25) is 14.4 Å². The number of benzene rings is 1. The van der Waals surface area contributed by atoms with Crippen LogP contribution in [0.1, 0.15) is 39.7 Å². The van der Waals surface area contributed by atoms with Crippen LogP contribution < -0.4 is 21.7 Å². The summed E-state index contributed by atoms with van der Waals surface area (Å²) >= 11 is 0. The Hall–Kier alpha value is -3.14. The van der Waals surface area contributed by atoms with Crippen molar-refractivity contribution in [3.8, 4) is 5.75 Å². The summed E-state index contributed by atoms with van der Waals surface area (Å²) in [6, 6.07) is 2.96. The van der Waals surface area contributed by atoms with Gasteiger partial charge in [0, 0.05) is 6.42 Å². The Morgan fingerprint density at radius 3 is 1.94 bits per heavy atom. The van der Waals surface area contributed by atoms with Crippen LogP contribution in [0.4, 0.5) is 0 Å². The molecule has 0 saturated heterocycles. The number of aromatic hydroxyl groups is 1. The first-order chi connectivity index (χ1) is 14.9. The molecule has 1 aromatic rings. The molecule has 0 radical (unpaired) electrons. The lowest BCUT2D eigenvalue weighted by atomic mass is 9.99. The van der Waals surface area contributed by atoms with Gasteiger partial charge in [-0.25, -0.2) is 4.79 Å². The third-order valence-electron chi connectivity index (χ3n) is 4.78. The lowest BCUT2D eigenvalue weighted by molar-refractivity contribution is -0.142. The lowest BCUT2D eigenvalue weighted by Crippen LogP contribution is -2.58. The van der Waals surface area contributed by atoms with Gasteiger partial charge >= 0.3 is 5.97 Å². The standard InChI is InChI=1S/C22H34N4O6/c1-12(2)9-17(22(31)32)25-20(29)16(10-14-5-7-15(27)8-6-14)24-21(30)19(13(3)4)26-18(28)11-23/h5-8,12-13,16-17,19,27H,9-11,23H2,1-4H3,(H,24,30)(H,25,29)(H,26,28)(H,31,32). The number of hydrogen-bond donors (Lipinski definition) is 6. The van der Waals surface area contributed by atoms with Crippen LogP contribution in [0.2, 0.25) is 0 Å². The van der Waals surface area contributed by atoms with E-state index in [2.05, 4.69) is 16.0 Å². The number of rotatable bonds is 12. The highest BCUT2D eigenvalue weighted by Gasteiger charge is 2.31. The third kappa shape index (κ3) is 8.93. The molecule has 0 fully saturated rings. The molecule has 0 bridgehead atoms. The zero-order chi connectivity index (χ0) is 24.4. The highest BCUT2D eigenvalue weighted by molar-refractivity contribution is 5.93. The van der Waals surface area contributed by atoms with E-state index in [-0.39, 0.29) is 37.0 Å². The number of aliphatic carboxylic acids is 1. The van der Waals surface area contributed by atoms with E-state index >= 15 is 0 Å². The van der Waals surface area contributed by atoms with Gasteiger partial charge in [-0.1, -0.05) is 39.8 Å². The van der Waals surface area contributed by atoms with E-state index in [0.29, 0.717) is 5.56 Å². The molecule has 1 aromatic carbocycles. The first-order valence-electron chi connectivity index (χ1n) is 10.5. The van der Waals surface area contributed by atoms with Gasteiger partial charge < -0.3 is 31.9 Å². The summed E-state index contributed by atoms with van der Waals surface area (Å²) in [5.74, 6) is -3.14. The maximum atomic E-state index is 13.0. The Morgan fingerprint density at radius 2 is 1.47 bits per heavy atom. The Morgan fingerprint density at radius 1 is 0.906 bits per heavy atom. The van der Waals surface area contributed by atoms with Gasteiger partial charge in [0.2, 0.25) is 17.7 Å². The smallest absolute Gasteiger partial charge is 0.326 e. The van der Waals surface area contributed by atoms with Crippen molar-refractivity contribution in [1.29, 1.82) is 0 Å². The van der Waals surface area contributed by atoms with Crippen molar-refractivity contribution in [3.05, 3.63) is 29.8 Å². The van der Waals surface area contributed by atoms with E-state index in [1.54, 1.807) is 26.0 Å². The minimum absolute atomic E-state index is 0.0262. The van der Waals surface area contributed by atoms with Crippen LogP contribution in [0.15, 0.2) is 24.3 Å². The van der Waals surface area contributed by atoms with E-state index in [0.717, 1.165) is 0 Å². The van der Waals surface area contributed by atoms with Crippen LogP contribution in [0.25, 0.3) is 0 Å². The number of carboxylic acids is 1. The monoisotopic (exact) mass is 450 g/mol. The molecule has 3 amide bonds. The molecule has 1 rings (SSSR count). The average molecular weight is 451 g/mol. The SMILES string of the molecule is CC(C)CC(NC(=O)C(Cc1ccc(O)cc1)NC(=O)C(NC(=O)CN)C(C)C)C(=O)O. The fourth-order valence-electron chi connectivity index (χ4n) is 3.07. The topological polar surface area (TPSA) is 171 Å². The normalized spacial score (nSPS) is 13.8. The van der Waals surface area contributed by atoms with Crippen molar-refractivity contribution in [1.82, 2.24) is 16.0 Å². The molecule has 3 unspecified atom stereocenters.